The van der Waals surface area contributed by atoms with E-state index in [1.807, 2.05) is 0 Å². The smallest absolute Gasteiger partial charge is 0.187 e. The Hall–Kier alpha value is -0.840. The first-order chi connectivity index (χ1) is 21.2. The Morgan fingerprint density at radius 2 is 1.13 bits per heavy atom. The summed E-state index contributed by atoms with van der Waals surface area (Å²) in [7, 11) is 0. The van der Waals surface area contributed by atoms with Gasteiger partial charge in [0.25, 0.3) is 0 Å². The Kier molecular flexibility index (Phi) is 12.8. The SMILES string of the molecule is N[C@@H]1[C@@H](O)[C@H](O[C@H]2O[C@H](CO[C@H]3O[C@H](CO)[C@@H](O)[C@H](O[C@@H]4O[C@@H]([C@H](O)CO)[C@H](O)[C@H]4O)[C@@H]3O)[C@@H](O)[C@H](O)[C@@H]2O)[C@@H](CO)O[C@@H]1O. The van der Waals surface area contributed by atoms with Gasteiger partial charge in [-0.25, -0.2) is 0 Å². The molecule has 0 saturated carbocycles. The van der Waals surface area contributed by atoms with Crippen LogP contribution in [0.25, 0.3) is 0 Å². The van der Waals surface area contributed by atoms with Crippen LogP contribution in [0.4, 0.5) is 0 Å². The number of rotatable bonds is 11. The maximum absolute atomic E-state index is 10.9. The second-order valence-electron chi connectivity index (χ2n) is 11.3. The number of ether oxygens (including phenoxy) is 7. The standard InChI is InChI=1S/C24H43NO20/c25-9-12(32)19(7(3-28)40-21(9)38)44-23-15(35)13(33)10(30)8(42-23)4-39-22-17(37)20(11(31)6(2-27)41-22)45-24-16(36)14(34)18(43-24)5(29)1-26/h5-24,26-38H,1-4,25H2/t5-,6-,7-,8-,9-,10-,11-,12-,13+,14-,15+,16-,17+,18+,19-,20+,21+,22+,23-,24+/m1/s1. The normalized spacial score (nSPS) is 51.7. The lowest BCUT2D eigenvalue weighted by Crippen LogP contribution is -2.66. The Labute approximate surface area is 255 Å². The summed E-state index contributed by atoms with van der Waals surface area (Å²) >= 11 is 0. The molecule has 0 aromatic heterocycles. The van der Waals surface area contributed by atoms with E-state index in [0.717, 1.165) is 0 Å². The summed E-state index contributed by atoms with van der Waals surface area (Å²) in [6.07, 6.45) is -31.9. The van der Waals surface area contributed by atoms with Crippen LogP contribution in [0.3, 0.4) is 0 Å². The highest BCUT2D eigenvalue weighted by molar-refractivity contribution is 4.97. The maximum Gasteiger partial charge on any atom is 0.187 e. The van der Waals surface area contributed by atoms with Gasteiger partial charge in [-0.2, -0.15) is 0 Å². The molecule has 4 aliphatic heterocycles. The minimum absolute atomic E-state index is 0.703. The summed E-state index contributed by atoms with van der Waals surface area (Å²) in [4.78, 5) is 0. The fourth-order valence-corrected chi connectivity index (χ4v) is 5.49. The van der Waals surface area contributed by atoms with Gasteiger partial charge in [-0.05, 0) is 0 Å². The first kappa shape index (κ1) is 37.0. The third kappa shape index (κ3) is 7.59. The quantitative estimate of drug-likeness (QED) is 0.0973. The first-order valence-corrected chi connectivity index (χ1v) is 14.2. The first-order valence-electron chi connectivity index (χ1n) is 14.2. The highest BCUT2D eigenvalue weighted by Crippen LogP contribution is 2.32. The maximum atomic E-state index is 10.9. The Bertz CT molecular complexity index is 922. The van der Waals surface area contributed by atoms with Gasteiger partial charge in [-0.1, -0.05) is 0 Å². The van der Waals surface area contributed by atoms with E-state index in [2.05, 4.69) is 0 Å². The van der Waals surface area contributed by atoms with Crippen LogP contribution in [0, 0.1) is 0 Å². The minimum atomic E-state index is -1.92. The molecule has 0 spiro atoms. The molecule has 4 aliphatic rings. The van der Waals surface area contributed by atoms with Crippen LogP contribution >= 0.6 is 0 Å². The summed E-state index contributed by atoms with van der Waals surface area (Å²) in [5.41, 5.74) is 5.69. The molecule has 4 fully saturated rings. The van der Waals surface area contributed by atoms with Crippen LogP contribution in [0.15, 0.2) is 0 Å². The van der Waals surface area contributed by atoms with Crippen LogP contribution in [-0.4, -0.2) is 216 Å². The van der Waals surface area contributed by atoms with E-state index >= 15 is 0 Å². The number of aliphatic hydroxyl groups excluding tert-OH is 13. The average Bonchev–Trinajstić information content (AvgIpc) is 3.31. The highest BCUT2D eigenvalue weighted by Gasteiger charge is 2.54. The third-order valence-corrected chi connectivity index (χ3v) is 8.24. The van der Waals surface area contributed by atoms with Gasteiger partial charge in [0, 0.05) is 0 Å². The highest BCUT2D eigenvalue weighted by atomic mass is 16.8. The summed E-state index contributed by atoms with van der Waals surface area (Å²) in [5.74, 6) is 0. The molecule has 0 bridgehead atoms. The van der Waals surface area contributed by atoms with Crippen molar-refractivity contribution in [1.82, 2.24) is 0 Å². The van der Waals surface area contributed by atoms with Crippen molar-refractivity contribution in [2.75, 3.05) is 26.4 Å². The molecule has 0 aromatic carbocycles. The fourth-order valence-electron chi connectivity index (χ4n) is 5.49. The number of aliphatic hydroxyl groups is 13. The molecule has 4 heterocycles. The van der Waals surface area contributed by atoms with Crippen molar-refractivity contribution in [2.24, 2.45) is 5.73 Å². The van der Waals surface area contributed by atoms with Crippen molar-refractivity contribution in [3.8, 4) is 0 Å². The van der Waals surface area contributed by atoms with E-state index in [-0.39, 0.29) is 0 Å². The van der Waals surface area contributed by atoms with Crippen molar-refractivity contribution in [3.05, 3.63) is 0 Å². The molecule has 45 heavy (non-hydrogen) atoms. The van der Waals surface area contributed by atoms with Crippen molar-refractivity contribution >= 4 is 0 Å². The molecule has 0 radical (unpaired) electrons. The number of hydrogen-bond donors (Lipinski definition) is 14. The van der Waals surface area contributed by atoms with Gasteiger partial charge in [0.05, 0.1) is 32.5 Å². The zero-order valence-corrected chi connectivity index (χ0v) is 23.6. The summed E-state index contributed by atoms with van der Waals surface area (Å²) < 4.78 is 37.9. The molecule has 0 amide bonds. The number of hydrogen-bond acceptors (Lipinski definition) is 21. The molecule has 0 aromatic rings. The zero-order chi connectivity index (χ0) is 33.3. The number of nitrogens with two attached hydrogens (primary N) is 1. The summed E-state index contributed by atoms with van der Waals surface area (Å²) in [5, 5.41) is 132. The van der Waals surface area contributed by atoms with Crippen LogP contribution < -0.4 is 5.73 Å². The van der Waals surface area contributed by atoms with E-state index < -0.39 is 149 Å². The van der Waals surface area contributed by atoms with Crippen molar-refractivity contribution in [1.29, 1.82) is 0 Å². The molecule has 4 rings (SSSR count). The van der Waals surface area contributed by atoms with Gasteiger partial charge in [0.15, 0.2) is 25.2 Å². The molecule has 0 aliphatic carbocycles. The van der Waals surface area contributed by atoms with Crippen LogP contribution in [0.2, 0.25) is 0 Å². The van der Waals surface area contributed by atoms with Gasteiger partial charge in [0.2, 0.25) is 0 Å². The van der Waals surface area contributed by atoms with Crippen LogP contribution in [-0.2, 0) is 33.2 Å². The molecular formula is C24H43NO20. The third-order valence-electron chi connectivity index (χ3n) is 8.24. The molecule has 21 heteroatoms. The second-order valence-corrected chi connectivity index (χ2v) is 11.3. The molecule has 264 valence electrons. The van der Waals surface area contributed by atoms with Gasteiger partial charge in [-0.3, -0.25) is 0 Å². The van der Waals surface area contributed by atoms with E-state index in [9.17, 15) is 61.3 Å². The summed E-state index contributed by atoms with van der Waals surface area (Å²) in [6.45, 7) is -3.11. The Balaban J connectivity index is 1.42. The van der Waals surface area contributed by atoms with Gasteiger partial charge in [-0.15, -0.1) is 0 Å². The Morgan fingerprint density at radius 1 is 0.556 bits per heavy atom. The van der Waals surface area contributed by atoms with E-state index in [1.165, 1.54) is 0 Å². The van der Waals surface area contributed by atoms with Crippen LogP contribution in [0.1, 0.15) is 0 Å². The van der Waals surface area contributed by atoms with Crippen LogP contribution in [0.5, 0.6) is 0 Å². The minimum Gasteiger partial charge on any atom is -0.394 e. The zero-order valence-electron chi connectivity index (χ0n) is 23.6. The largest absolute Gasteiger partial charge is 0.394 e. The fraction of sp³-hybridized carbons (Fsp3) is 1.00. The lowest BCUT2D eigenvalue weighted by atomic mass is 9.96. The molecular weight excluding hydrogens is 622 g/mol. The lowest BCUT2D eigenvalue weighted by Gasteiger charge is -2.46. The van der Waals surface area contributed by atoms with Crippen molar-refractivity contribution in [3.63, 3.8) is 0 Å². The van der Waals surface area contributed by atoms with E-state index in [0.29, 0.717) is 0 Å². The molecule has 21 nitrogen and oxygen atoms in total. The van der Waals surface area contributed by atoms with Crippen molar-refractivity contribution in [2.45, 2.75) is 123 Å². The second kappa shape index (κ2) is 15.6. The van der Waals surface area contributed by atoms with Gasteiger partial charge >= 0.3 is 0 Å². The van der Waals surface area contributed by atoms with E-state index in [1.54, 1.807) is 0 Å². The molecule has 15 N–H and O–H groups in total. The van der Waals surface area contributed by atoms with Crippen molar-refractivity contribution < 1.29 is 99.5 Å². The molecule has 20 atom stereocenters. The topological polar surface area (TPSA) is 354 Å². The lowest BCUT2D eigenvalue weighted by molar-refractivity contribution is -0.359. The van der Waals surface area contributed by atoms with Gasteiger partial charge in [0.1, 0.15) is 91.6 Å². The molecule has 0 unspecified atom stereocenters. The Morgan fingerprint density at radius 3 is 1.76 bits per heavy atom. The van der Waals surface area contributed by atoms with Gasteiger partial charge < -0.3 is 105 Å². The summed E-state index contributed by atoms with van der Waals surface area (Å²) in [6, 6.07) is -1.38. The average molecular weight is 666 g/mol. The predicted octanol–water partition coefficient (Wildman–Crippen LogP) is -9.78. The van der Waals surface area contributed by atoms with E-state index in [4.69, 9.17) is 44.0 Å². The molecule has 4 saturated heterocycles. The monoisotopic (exact) mass is 665 g/mol. The predicted molar refractivity (Wildman–Crippen MR) is 136 cm³/mol.